The number of rotatable bonds is 5. The van der Waals surface area contributed by atoms with Crippen LogP contribution in [0.25, 0.3) is 29.2 Å². The minimum absolute atomic E-state index is 0.0289. The van der Waals surface area contributed by atoms with Crippen LogP contribution >= 0.6 is 7.36 Å². The van der Waals surface area contributed by atoms with Crippen LogP contribution in [-0.4, -0.2) is 69.2 Å². The Morgan fingerprint density at radius 1 is 1.02 bits per heavy atom. The SMILES string of the molecule is C/C=C(/C)c1ccc(C)cc1.C=C.C=c1/c(=C/C)oc2ccc(F)cc12.CC.CC(F)(F)C(N)=O.CP=S(=O)(NC(=O)C1NC(=O)C2CCCN2C(=O)CCCCCC/C=C\C1C)C1CC1. The highest BCUT2D eigenvalue weighted by molar-refractivity contribution is 8.24. The quantitative estimate of drug-likeness (QED) is 0.171. The van der Waals surface area contributed by atoms with E-state index < -0.39 is 39.1 Å². The highest BCUT2D eigenvalue weighted by Crippen LogP contribution is 2.32. The van der Waals surface area contributed by atoms with Crippen LogP contribution < -0.4 is 26.4 Å². The Morgan fingerprint density at radius 3 is 2.17 bits per heavy atom. The zero-order valence-electron chi connectivity index (χ0n) is 40.5. The predicted molar refractivity (Wildman–Crippen MR) is 269 cm³/mol. The minimum atomic E-state index is -3.36. The molecular weight excluding hydrogens is 885 g/mol. The summed E-state index contributed by atoms with van der Waals surface area (Å²) in [5.41, 5.74) is 9.54. The van der Waals surface area contributed by atoms with Crippen molar-refractivity contribution in [1.29, 1.82) is 0 Å². The number of alkyl halides is 2. The third-order valence-electron chi connectivity index (χ3n) is 10.8. The van der Waals surface area contributed by atoms with Gasteiger partial charge in [0.25, 0.3) is 11.8 Å². The van der Waals surface area contributed by atoms with Gasteiger partial charge < -0.3 is 20.4 Å². The van der Waals surface area contributed by atoms with Gasteiger partial charge in [0.15, 0.2) is 0 Å². The molecule has 2 aromatic carbocycles. The lowest BCUT2D eigenvalue weighted by Crippen LogP contribution is -2.55. The number of benzene rings is 2. The van der Waals surface area contributed by atoms with Crippen LogP contribution in [0, 0.1) is 18.7 Å². The molecule has 1 saturated carbocycles. The van der Waals surface area contributed by atoms with E-state index in [4.69, 9.17) is 4.42 Å². The highest BCUT2D eigenvalue weighted by Gasteiger charge is 2.39. The summed E-state index contributed by atoms with van der Waals surface area (Å²) in [5.74, 6) is -6.10. The van der Waals surface area contributed by atoms with Crippen molar-refractivity contribution in [2.75, 3.05) is 13.2 Å². The van der Waals surface area contributed by atoms with Crippen molar-refractivity contribution in [2.24, 2.45) is 11.7 Å². The predicted octanol–water partition coefficient (Wildman–Crippen LogP) is 10.1. The molecule has 1 aliphatic carbocycles. The normalized spacial score (nSPS) is 20.7. The maximum Gasteiger partial charge on any atom is 0.321 e. The molecule has 4 atom stereocenters. The molecule has 366 valence electrons. The van der Waals surface area contributed by atoms with E-state index in [-0.39, 0.29) is 28.8 Å². The molecule has 15 heteroatoms. The second-order valence-corrected chi connectivity index (χ2v) is 20.9. The summed E-state index contributed by atoms with van der Waals surface area (Å²) in [7, 11) is -1.81. The van der Waals surface area contributed by atoms with Crippen LogP contribution in [0.15, 0.2) is 78.3 Å². The van der Waals surface area contributed by atoms with E-state index in [9.17, 15) is 36.6 Å². The summed E-state index contributed by atoms with van der Waals surface area (Å²) < 4.78 is 56.9. The lowest BCUT2D eigenvalue weighted by atomic mass is 9.99. The lowest BCUT2D eigenvalue weighted by Gasteiger charge is -2.28. The van der Waals surface area contributed by atoms with Gasteiger partial charge in [0.2, 0.25) is 11.8 Å². The zero-order chi connectivity index (χ0) is 50.2. The van der Waals surface area contributed by atoms with Crippen molar-refractivity contribution in [3.05, 3.63) is 101 Å². The molecule has 0 radical (unpaired) electrons. The number of carbonyl (C=O) groups excluding carboxylic acids is 4. The number of halogens is 3. The fourth-order valence-electron chi connectivity index (χ4n) is 6.71. The van der Waals surface area contributed by atoms with Crippen LogP contribution in [0.1, 0.15) is 124 Å². The van der Waals surface area contributed by atoms with E-state index in [0.29, 0.717) is 44.7 Å². The molecule has 4 amide bonds. The molecule has 66 heavy (non-hydrogen) atoms. The number of allylic oxidation sites excluding steroid dienone is 3. The first-order valence-corrected chi connectivity index (χ1v) is 26.3. The van der Waals surface area contributed by atoms with Gasteiger partial charge >= 0.3 is 5.92 Å². The summed E-state index contributed by atoms with van der Waals surface area (Å²) in [5, 5.41) is 4.44. The third-order valence-corrected chi connectivity index (χ3v) is 16.1. The van der Waals surface area contributed by atoms with E-state index in [2.05, 4.69) is 92.7 Å². The number of nitrogens with zero attached hydrogens (tertiary/aromatic N) is 1. The van der Waals surface area contributed by atoms with Gasteiger partial charge in [-0.25, -0.2) is 8.60 Å². The first-order chi connectivity index (χ1) is 31.3. The third kappa shape index (κ3) is 19.1. The second-order valence-electron chi connectivity index (χ2n) is 15.9. The molecule has 10 nitrogen and oxygen atoms in total. The Labute approximate surface area is 393 Å². The van der Waals surface area contributed by atoms with E-state index in [0.717, 1.165) is 62.0 Å². The van der Waals surface area contributed by atoms with Crippen molar-refractivity contribution < 1.29 is 41.0 Å². The largest absolute Gasteiger partial charge is 0.456 e. The first kappa shape index (κ1) is 59.1. The molecule has 6 rings (SSSR count). The smallest absolute Gasteiger partial charge is 0.321 e. The Balaban J connectivity index is 0.000000508. The highest BCUT2D eigenvalue weighted by atomic mass is 32.5. The van der Waals surface area contributed by atoms with Crippen molar-refractivity contribution in [3.63, 3.8) is 0 Å². The monoisotopic (exact) mass is 959 g/mol. The Hall–Kier alpha value is -4.94. The number of fused-ring (bicyclic) bond motifs is 2. The van der Waals surface area contributed by atoms with Gasteiger partial charge in [0.1, 0.15) is 28.9 Å². The average Bonchev–Trinajstić information content (AvgIpc) is 3.97. The lowest BCUT2D eigenvalue weighted by molar-refractivity contribution is -0.139. The van der Waals surface area contributed by atoms with Crippen LogP contribution in [0.3, 0.4) is 0 Å². The number of nitrogens with two attached hydrogens (primary N) is 1. The average molecular weight is 959 g/mol. The number of hydrogen-bond acceptors (Lipinski definition) is 6. The fourth-order valence-corrected chi connectivity index (χ4v) is 10.5. The van der Waals surface area contributed by atoms with Gasteiger partial charge in [-0.2, -0.15) is 8.78 Å². The van der Waals surface area contributed by atoms with E-state index in [1.165, 1.54) is 28.8 Å². The van der Waals surface area contributed by atoms with Crippen LogP contribution in [0.4, 0.5) is 13.2 Å². The maximum absolute atomic E-state index is 13.2. The maximum atomic E-state index is 13.2. The number of nitrogens with one attached hydrogen (secondary N) is 2. The van der Waals surface area contributed by atoms with Gasteiger partial charge in [-0.05, 0) is 122 Å². The topological polar surface area (TPSA) is 152 Å². The Kier molecular flexibility index (Phi) is 26.5. The number of primary amides is 1. The summed E-state index contributed by atoms with van der Waals surface area (Å²) in [4.78, 5) is 50.2. The first-order valence-electron chi connectivity index (χ1n) is 22.7. The summed E-state index contributed by atoms with van der Waals surface area (Å²) in [6, 6.07) is 11.7. The molecule has 1 aromatic heterocycles. The molecule has 4 N–H and O–H groups in total. The molecule has 3 aliphatic rings. The second kappa shape index (κ2) is 29.6. The number of carbonyl (C=O) groups is 4. The summed E-state index contributed by atoms with van der Waals surface area (Å²) >= 11 is 0. The van der Waals surface area contributed by atoms with Gasteiger partial charge in [0, 0.05) is 41.7 Å². The van der Waals surface area contributed by atoms with Crippen molar-refractivity contribution in [2.45, 2.75) is 143 Å². The molecule has 2 aliphatic heterocycles. The number of aryl methyl sites for hydroxylation is 1. The van der Waals surface area contributed by atoms with Crippen LogP contribution in [-0.2, 0) is 28.5 Å². The molecule has 0 spiro atoms. The van der Waals surface area contributed by atoms with E-state index in [1.54, 1.807) is 17.6 Å². The van der Waals surface area contributed by atoms with Crippen LogP contribution in [0.2, 0.25) is 0 Å². The molecule has 4 unspecified atom stereocenters. The van der Waals surface area contributed by atoms with Gasteiger partial charge in [-0.3, -0.25) is 23.9 Å². The molecule has 3 aromatic rings. The Bertz CT molecular complexity index is 2330. The zero-order valence-corrected chi connectivity index (χ0v) is 42.2. The number of furan rings is 1. The van der Waals surface area contributed by atoms with E-state index >= 15 is 0 Å². The molecular formula is C51H74F3N4O6PS. The van der Waals surface area contributed by atoms with Gasteiger partial charge in [-0.1, -0.05) is 88.2 Å². The molecule has 0 bridgehead atoms. The molecule has 3 heterocycles. The standard InChI is InChI=1S/C22H36N3O4PS.C11H9FO.C11H14.C3H5F2NO.C2H6.C2H4/c1-16-10-7-5-3-4-6-8-12-19(26)25-15-9-11-18(25)21(27)23-20(16)22(28)24-31(29,30-2)17-13-14-17;1-3-10-7(2)9-6-8(12)4-5-11(9)13-10;1-4-10(3)11-7-5-9(2)6-8-11;1-3(4,5)2(6)7;2*1-2/h7,10,16-18,20H,3-6,8-9,11-15H2,1-2H3,(H,23,27)(H,24,28,29);3-6H,2H2,1H3;4-8H,1-3H3;1H3,(H2,6,7);1-2H3;1-2H2/b10-7-;10-3-;10-4-;;;. The molecule has 1 saturated heterocycles. The van der Waals surface area contributed by atoms with Gasteiger partial charge in [0.05, 0.1) is 9.30 Å². The molecule has 2 fully saturated rings. The van der Waals surface area contributed by atoms with Crippen molar-refractivity contribution in [3.8, 4) is 0 Å². The number of amides is 4. The summed E-state index contributed by atoms with van der Waals surface area (Å²) in [6.07, 6.45) is 16.5. The minimum Gasteiger partial charge on any atom is -0.456 e. The van der Waals surface area contributed by atoms with Crippen molar-refractivity contribution in [1.82, 2.24) is 14.9 Å². The van der Waals surface area contributed by atoms with Crippen LogP contribution in [0.5, 0.6) is 0 Å². The summed E-state index contributed by atoms with van der Waals surface area (Å²) in [6.45, 7) is 26.7. The van der Waals surface area contributed by atoms with E-state index in [1.807, 2.05) is 39.8 Å². The van der Waals surface area contributed by atoms with Gasteiger partial charge in [-0.15, -0.1) is 13.2 Å². The fraction of sp³-hybridized carbons (Fsp3) is 0.490. The Morgan fingerprint density at radius 2 is 1.62 bits per heavy atom. The van der Waals surface area contributed by atoms with Crippen molar-refractivity contribution >= 4 is 69.5 Å². The number of hydrogen-bond donors (Lipinski definition) is 3.